The highest BCUT2D eigenvalue weighted by Crippen LogP contribution is 2.42. The van der Waals surface area contributed by atoms with Crippen LogP contribution in [0.1, 0.15) is 21.6 Å². The van der Waals surface area contributed by atoms with Crippen molar-refractivity contribution < 1.29 is 33.0 Å². The van der Waals surface area contributed by atoms with Gasteiger partial charge in [0, 0.05) is 18.2 Å². The molecule has 2 aromatic carbocycles. The first-order valence-electron chi connectivity index (χ1n) is 9.72. The summed E-state index contributed by atoms with van der Waals surface area (Å²) in [5.41, 5.74) is 2.15. The van der Waals surface area contributed by atoms with Crippen molar-refractivity contribution in [1.82, 2.24) is 10.5 Å². The van der Waals surface area contributed by atoms with E-state index in [2.05, 4.69) is 10.5 Å². The maximum Gasteiger partial charge on any atom is 0.257 e. The molecule has 9 nitrogen and oxygen atoms in total. The number of nitrogens with one attached hydrogen (secondary N) is 1. The number of carbonyl (C=O) groups is 1. The van der Waals surface area contributed by atoms with Crippen LogP contribution in [0, 0.1) is 6.92 Å². The van der Waals surface area contributed by atoms with Gasteiger partial charge < -0.3 is 33.5 Å². The molecule has 0 atom stereocenters. The van der Waals surface area contributed by atoms with Crippen LogP contribution in [0.15, 0.2) is 34.9 Å². The smallest absolute Gasteiger partial charge is 0.257 e. The molecule has 1 aromatic heterocycles. The van der Waals surface area contributed by atoms with Gasteiger partial charge in [0.1, 0.15) is 17.1 Å². The topological polar surface area (TPSA) is 101 Å². The molecule has 1 N–H and O–H groups in total. The number of ether oxygens (including phenoxy) is 5. The highest BCUT2D eigenvalue weighted by molar-refractivity contribution is 6.00. The van der Waals surface area contributed by atoms with Gasteiger partial charge in [0.05, 0.1) is 41.2 Å². The zero-order chi connectivity index (χ0) is 23.3. The van der Waals surface area contributed by atoms with E-state index in [1.807, 2.05) is 12.1 Å². The summed E-state index contributed by atoms with van der Waals surface area (Å²) in [5, 5.41) is 6.89. The van der Waals surface area contributed by atoms with E-state index in [1.54, 1.807) is 39.3 Å². The van der Waals surface area contributed by atoms with Gasteiger partial charge in [0.2, 0.25) is 5.75 Å². The Bertz CT molecular complexity index is 1060. The van der Waals surface area contributed by atoms with E-state index >= 15 is 0 Å². The largest absolute Gasteiger partial charge is 0.497 e. The minimum Gasteiger partial charge on any atom is -0.497 e. The summed E-state index contributed by atoms with van der Waals surface area (Å²) >= 11 is 0. The summed E-state index contributed by atoms with van der Waals surface area (Å²) in [6.45, 7) is 1.96. The zero-order valence-corrected chi connectivity index (χ0v) is 18.9. The molecule has 0 spiro atoms. The Labute approximate surface area is 186 Å². The van der Waals surface area contributed by atoms with Crippen molar-refractivity contribution in [2.24, 2.45) is 0 Å². The summed E-state index contributed by atoms with van der Waals surface area (Å²) in [6.07, 6.45) is 0. The molecule has 9 heteroatoms. The van der Waals surface area contributed by atoms with E-state index in [4.69, 9.17) is 28.2 Å². The Hall–Kier alpha value is -3.88. The van der Waals surface area contributed by atoms with Crippen molar-refractivity contribution in [3.63, 3.8) is 0 Å². The number of carbonyl (C=O) groups excluding carboxylic acids is 1. The third kappa shape index (κ3) is 4.56. The molecule has 1 amide bonds. The third-order valence-electron chi connectivity index (χ3n) is 4.88. The average Bonchev–Trinajstić information content (AvgIpc) is 3.22. The fourth-order valence-electron chi connectivity index (χ4n) is 3.29. The first-order valence-corrected chi connectivity index (χ1v) is 9.72. The lowest BCUT2D eigenvalue weighted by molar-refractivity contribution is 0.0950. The van der Waals surface area contributed by atoms with E-state index in [0.717, 1.165) is 5.56 Å². The van der Waals surface area contributed by atoms with Gasteiger partial charge in [-0.2, -0.15) is 0 Å². The lowest BCUT2D eigenvalue weighted by Gasteiger charge is -2.14. The molecule has 0 bridgehead atoms. The molecule has 32 heavy (non-hydrogen) atoms. The van der Waals surface area contributed by atoms with Crippen LogP contribution in [-0.2, 0) is 6.54 Å². The zero-order valence-electron chi connectivity index (χ0n) is 18.9. The second kappa shape index (κ2) is 9.95. The Kier molecular flexibility index (Phi) is 7.09. The molecule has 0 aliphatic carbocycles. The SMILES string of the molecule is COc1cc(CNC(=O)c2c(C)noc2-c2cc(OC)c(OC)c(OC)c2)cc(OC)c1. The van der Waals surface area contributed by atoms with Gasteiger partial charge in [0.25, 0.3) is 5.91 Å². The molecule has 0 unspecified atom stereocenters. The molecule has 0 aliphatic heterocycles. The van der Waals surface area contributed by atoms with Crippen LogP contribution in [0.4, 0.5) is 0 Å². The molecule has 3 rings (SSSR count). The maximum absolute atomic E-state index is 13.1. The summed E-state index contributed by atoms with van der Waals surface area (Å²) in [6, 6.07) is 8.81. The van der Waals surface area contributed by atoms with E-state index in [1.165, 1.54) is 21.3 Å². The summed E-state index contributed by atoms with van der Waals surface area (Å²) in [4.78, 5) is 13.1. The van der Waals surface area contributed by atoms with Gasteiger partial charge in [-0.05, 0) is 36.8 Å². The van der Waals surface area contributed by atoms with Gasteiger partial charge >= 0.3 is 0 Å². The van der Waals surface area contributed by atoms with E-state index in [0.29, 0.717) is 51.3 Å². The van der Waals surface area contributed by atoms with E-state index < -0.39 is 0 Å². The molecule has 0 saturated heterocycles. The molecule has 0 fully saturated rings. The second-order valence-corrected chi connectivity index (χ2v) is 6.79. The molecule has 0 aliphatic rings. The van der Waals surface area contributed by atoms with Gasteiger partial charge in [-0.25, -0.2) is 0 Å². The normalized spacial score (nSPS) is 10.4. The number of hydrogen-bond acceptors (Lipinski definition) is 8. The number of rotatable bonds is 9. The number of nitrogens with zero attached hydrogens (tertiary/aromatic N) is 1. The van der Waals surface area contributed by atoms with Gasteiger partial charge in [-0.1, -0.05) is 5.16 Å². The number of aromatic nitrogens is 1. The minimum atomic E-state index is -0.339. The Morgan fingerprint density at radius 2 is 1.47 bits per heavy atom. The highest BCUT2D eigenvalue weighted by Gasteiger charge is 2.24. The molecule has 0 saturated carbocycles. The number of hydrogen-bond donors (Lipinski definition) is 1. The Balaban J connectivity index is 1.92. The predicted octanol–water partition coefficient (Wildman–Crippen LogP) is 3.62. The standard InChI is InChI=1S/C23H26N2O7/c1-13-20(23(26)24-12-14-7-16(27-2)11-17(8-14)28-3)21(32-25-13)15-9-18(29-4)22(31-6)19(10-15)30-5/h7-11H,12H2,1-6H3,(H,24,26). The van der Waals surface area contributed by atoms with E-state index in [9.17, 15) is 4.79 Å². The van der Waals surface area contributed by atoms with Crippen molar-refractivity contribution in [2.45, 2.75) is 13.5 Å². The number of amides is 1. The van der Waals surface area contributed by atoms with Crippen molar-refractivity contribution in [3.05, 3.63) is 47.2 Å². The van der Waals surface area contributed by atoms with Crippen LogP contribution >= 0.6 is 0 Å². The van der Waals surface area contributed by atoms with Crippen LogP contribution in [0.2, 0.25) is 0 Å². The van der Waals surface area contributed by atoms with Gasteiger partial charge in [0.15, 0.2) is 17.3 Å². The first kappa shape index (κ1) is 22.8. The lowest BCUT2D eigenvalue weighted by Crippen LogP contribution is -2.23. The molecular formula is C23H26N2O7. The van der Waals surface area contributed by atoms with Crippen LogP contribution in [-0.4, -0.2) is 46.6 Å². The fourth-order valence-corrected chi connectivity index (χ4v) is 3.29. The molecule has 1 heterocycles. The van der Waals surface area contributed by atoms with Gasteiger partial charge in [-0.3, -0.25) is 4.79 Å². The lowest BCUT2D eigenvalue weighted by atomic mass is 10.0. The van der Waals surface area contributed by atoms with E-state index in [-0.39, 0.29) is 12.5 Å². The number of methoxy groups -OCH3 is 5. The van der Waals surface area contributed by atoms with Gasteiger partial charge in [-0.15, -0.1) is 0 Å². The third-order valence-corrected chi connectivity index (χ3v) is 4.88. The molecule has 3 aromatic rings. The predicted molar refractivity (Wildman–Crippen MR) is 117 cm³/mol. The van der Waals surface area contributed by atoms with Crippen molar-refractivity contribution in [3.8, 4) is 40.1 Å². The maximum atomic E-state index is 13.1. The number of benzene rings is 2. The number of aryl methyl sites for hydroxylation is 1. The van der Waals surface area contributed by atoms with Crippen LogP contribution in [0.5, 0.6) is 28.7 Å². The monoisotopic (exact) mass is 442 g/mol. The summed E-state index contributed by atoms with van der Waals surface area (Å²) < 4.78 is 32.2. The fraction of sp³-hybridized carbons (Fsp3) is 0.304. The summed E-state index contributed by atoms with van der Waals surface area (Å²) in [5.74, 6) is 2.53. The van der Waals surface area contributed by atoms with Crippen molar-refractivity contribution >= 4 is 5.91 Å². The first-order chi connectivity index (χ1) is 15.4. The highest BCUT2D eigenvalue weighted by atomic mass is 16.5. The Morgan fingerprint density at radius 1 is 0.875 bits per heavy atom. The van der Waals surface area contributed by atoms with Crippen LogP contribution < -0.4 is 29.0 Å². The van der Waals surface area contributed by atoms with Crippen molar-refractivity contribution in [2.75, 3.05) is 35.5 Å². The van der Waals surface area contributed by atoms with Crippen LogP contribution in [0.25, 0.3) is 11.3 Å². The molecule has 170 valence electrons. The second-order valence-electron chi connectivity index (χ2n) is 6.79. The minimum absolute atomic E-state index is 0.256. The summed E-state index contributed by atoms with van der Waals surface area (Å²) in [7, 11) is 7.69. The Morgan fingerprint density at radius 3 is 1.97 bits per heavy atom. The quantitative estimate of drug-likeness (QED) is 0.536. The average molecular weight is 442 g/mol. The van der Waals surface area contributed by atoms with Crippen molar-refractivity contribution in [1.29, 1.82) is 0 Å². The molecule has 0 radical (unpaired) electrons. The van der Waals surface area contributed by atoms with Crippen LogP contribution in [0.3, 0.4) is 0 Å². The molecular weight excluding hydrogens is 416 g/mol.